The quantitative estimate of drug-likeness (QED) is 0.830. The van der Waals surface area contributed by atoms with E-state index in [2.05, 4.69) is 4.74 Å². The van der Waals surface area contributed by atoms with Gasteiger partial charge in [0, 0.05) is 6.61 Å². The topological polar surface area (TPSA) is 72.5 Å². The summed E-state index contributed by atoms with van der Waals surface area (Å²) >= 11 is 0. The molecule has 0 atom stereocenters. The van der Waals surface area contributed by atoms with Crippen molar-refractivity contribution in [3.63, 3.8) is 0 Å². The van der Waals surface area contributed by atoms with Crippen LogP contribution in [0.1, 0.15) is 26.3 Å². The van der Waals surface area contributed by atoms with Crippen LogP contribution < -0.4 is 5.73 Å². The molecular weight excluding hydrogens is 218 g/mol. The Hall–Kier alpha value is -1.55. The van der Waals surface area contributed by atoms with E-state index in [4.69, 9.17) is 10.8 Å². The maximum atomic E-state index is 10.0. The van der Waals surface area contributed by atoms with Crippen molar-refractivity contribution in [3.8, 4) is 0 Å². The summed E-state index contributed by atoms with van der Waals surface area (Å²) in [5, 5.41) is 8.52. The SMILES string of the molecule is CC(C)(C)OC(N)=O.OCCc1ccccc1. The lowest BCUT2D eigenvalue weighted by atomic mass is 10.2. The standard InChI is InChI=1S/C8H10O.C5H11NO2/c9-7-6-8-4-2-1-3-5-8;1-5(2,3)8-4(6)7/h1-5,9H,6-7H2;1-3H3,(H2,6,7). The van der Waals surface area contributed by atoms with Crippen molar-refractivity contribution in [2.45, 2.75) is 32.8 Å². The number of hydrogen-bond acceptors (Lipinski definition) is 3. The molecule has 0 aliphatic carbocycles. The van der Waals surface area contributed by atoms with Crippen LogP contribution in [0.4, 0.5) is 4.79 Å². The Balaban J connectivity index is 0.000000304. The van der Waals surface area contributed by atoms with E-state index in [1.165, 1.54) is 5.56 Å². The third-order valence-corrected chi connectivity index (χ3v) is 1.65. The monoisotopic (exact) mass is 239 g/mol. The van der Waals surface area contributed by atoms with Crippen molar-refractivity contribution >= 4 is 6.09 Å². The second-order valence-corrected chi connectivity index (χ2v) is 4.49. The van der Waals surface area contributed by atoms with E-state index in [-0.39, 0.29) is 6.61 Å². The van der Waals surface area contributed by atoms with Crippen LogP contribution in [-0.2, 0) is 11.2 Å². The van der Waals surface area contributed by atoms with Crippen LogP contribution in [0.15, 0.2) is 30.3 Å². The molecule has 4 heteroatoms. The molecule has 17 heavy (non-hydrogen) atoms. The Labute approximate surface area is 102 Å². The third-order valence-electron chi connectivity index (χ3n) is 1.65. The van der Waals surface area contributed by atoms with Gasteiger partial charge >= 0.3 is 6.09 Å². The highest BCUT2D eigenvalue weighted by Crippen LogP contribution is 2.04. The number of aliphatic hydroxyl groups excluding tert-OH is 1. The maximum Gasteiger partial charge on any atom is 0.405 e. The summed E-state index contributed by atoms with van der Waals surface area (Å²) in [7, 11) is 0. The van der Waals surface area contributed by atoms with Crippen LogP contribution in [0.25, 0.3) is 0 Å². The average molecular weight is 239 g/mol. The summed E-state index contributed by atoms with van der Waals surface area (Å²) in [4.78, 5) is 10.0. The van der Waals surface area contributed by atoms with Gasteiger partial charge in [-0.2, -0.15) is 0 Å². The molecule has 1 rings (SSSR count). The summed E-state index contributed by atoms with van der Waals surface area (Å²) in [5.74, 6) is 0. The Morgan fingerprint density at radius 3 is 2.12 bits per heavy atom. The number of aliphatic hydroxyl groups is 1. The second kappa shape index (κ2) is 7.68. The minimum Gasteiger partial charge on any atom is -0.444 e. The molecule has 0 spiro atoms. The van der Waals surface area contributed by atoms with E-state index in [1.54, 1.807) is 20.8 Å². The lowest BCUT2D eigenvalue weighted by molar-refractivity contribution is 0.0600. The lowest BCUT2D eigenvalue weighted by Crippen LogP contribution is -2.27. The first-order valence-electron chi connectivity index (χ1n) is 5.48. The molecule has 1 amide bonds. The van der Waals surface area contributed by atoms with Crippen LogP contribution in [0.3, 0.4) is 0 Å². The number of hydrogen-bond donors (Lipinski definition) is 2. The van der Waals surface area contributed by atoms with Crippen LogP contribution in [0.5, 0.6) is 0 Å². The molecule has 0 bridgehead atoms. The molecular formula is C13H21NO3. The van der Waals surface area contributed by atoms with Crippen molar-refractivity contribution < 1.29 is 14.6 Å². The molecule has 0 saturated carbocycles. The maximum absolute atomic E-state index is 10.0. The van der Waals surface area contributed by atoms with Crippen molar-refractivity contribution in [1.82, 2.24) is 0 Å². The van der Waals surface area contributed by atoms with E-state index >= 15 is 0 Å². The molecule has 0 aliphatic heterocycles. The first-order valence-corrected chi connectivity index (χ1v) is 5.48. The normalized spacial score (nSPS) is 10.1. The molecule has 0 radical (unpaired) electrons. The minimum absolute atomic E-state index is 0.240. The number of primary amides is 1. The van der Waals surface area contributed by atoms with Gasteiger partial charge in [-0.3, -0.25) is 0 Å². The molecule has 96 valence electrons. The molecule has 1 aromatic rings. The van der Waals surface area contributed by atoms with Gasteiger partial charge in [-0.05, 0) is 32.8 Å². The van der Waals surface area contributed by atoms with Gasteiger partial charge < -0.3 is 15.6 Å². The summed E-state index contributed by atoms with van der Waals surface area (Å²) in [6, 6.07) is 9.95. The Bertz CT molecular complexity index is 317. The number of rotatable bonds is 2. The summed E-state index contributed by atoms with van der Waals surface area (Å²) in [6.45, 7) is 5.53. The largest absolute Gasteiger partial charge is 0.444 e. The van der Waals surface area contributed by atoms with E-state index in [1.807, 2.05) is 30.3 Å². The van der Waals surface area contributed by atoms with Gasteiger partial charge in [-0.25, -0.2) is 4.79 Å². The van der Waals surface area contributed by atoms with Crippen molar-refractivity contribution in [2.75, 3.05) is 6.61 Å². The third kappa shape index (κ3) is 10.7. The molecule has 0 aromatic heterocycles. The number of carbonyl (C=O) groups excluding carboxylic acids is 1. The van der Waals surface area contributed by atoms with Crippen molar-refractivity contribution in [2.24, 2.45) is 5.73 Å². The summed E-state index contributed by atoms with van der Waals surface area (Å²) in [5.41, 5.74) is 5.46. The minimum atomic E-state index is -0.725. The predicted octanol–water partition coefficient (Wildman–Crippen LogP) is 2.10. The van der Waals surface area contributed by atoms with E-state index in [0.29, 0.717) is 0 Å². The second-order valence-electron chi connectivity index (χ2n) is 4.49. The summed E-state index contributed by atoms with van der Waals surface area (Å²) in [6.07, 6.45) is 0.0402. The van der Waals surface area contributed by atoms with Crippen LogP contribution >= 0.6 is 0 Å². The molecule has 3 N–H and O–H groups in total. The highest BCUT2D eigenvalue weighted by molar-refractivity contribution is 5.65. The Morgan fingerprint density at radius 1 is 1.29 bits per heavy atom. The van der Waals surface area contributed by atoms with Crippen LogP contribution in [0, 0.1) is 0 Å². The highest BCUT2D eigenvalue weighted by Gasteiger charge is 2.12. The fourth-order valence-electron chi connectivity index (χ4n) is 1.08. The molecule has 0 aliphatic rings. The Kier molecular flexibility index (Phi) is 6.98. The first-order chi connectivity index (χ1) is 7.85. The van der Waals surface area contributed by atoms with Gasteiger partial charge in [0.2, 0.25) is 0 Å². The van der Waals surface area contributed by atoms with E-state index in [0.717, 1.165) is 6.42 Å². The predicted molar refractivity (Wildman–Crippen MR) is 67.7 cm³/mol. The average Bonchev–Trinajstić information content (AvgIpc) is 2.16. The van der Waals surface area contributed by atoms with Crippen LogP contribution in [-0.4, -0.2) is 23.4 Å². The number of ether oxygens (including phenoxy) is 1. The molecule has 0 heterocycles. The Morgan fingerprint density at radius 2 is 1.82 bits per heavy atom. The van der Waals surface area contributed by atoms with E-state index < -0.39 is 11.7 Å². The van der Waals surface area contributed by atoms with Gasteiger partial charge in [0.15, 0.2) is 0 Å². The van der Waals surface area contributed by atoms with Gasteiger partial charge in [0.1, 0.15) is 5.60 Å². The molecule has 0 saturated heterocycles. The zero-order valence-corrected chi connectivity index (χ0v) is 10.6. The number of benzene rings is 1. The van der Waals surface area contributed by atoms with Gasteiger partial charge in [0.25, 0.3) is 0 Å². The lowest BCUT2D eigenvalue weighted by Gasteiger charge is -2.16. The summed E-state index contributed by atoms with van der Waals surface area (Å²) < 4.78 is 4.58. The van der Waals surface area contributed by atoms with Gasteiger partial charge in [-0.1, -0.05) is 30.3 Å². The number of amides is 1. The van der Waals surface area contributed by atoms with Crippen molar-refractivity contribution in [3.05, 3.63) is 35.9 Å². The fourth-order valence-corrected chi connectivity index (χ4v) is 1.08. The first kappa shape index (κ1) is 15.4. The number of nitrogens with two attached hydrogens (primary N) is 1. The molecule has 1 aromatic carbocycles. The van der Waals surface area contributed by atoms with Gasteiger partial charge in [0.05, 0.1) is 0 Å². The molecule has 4 nitrogen and oxygen atoms in total. The fraction of sp³-hybridized carbons (Fsp3) is 0.462. The van der Waals surface area contributed by atoms with Crippen molar-refractivity contribution in [1.29, 1.82) is 0 Å². The van der Waals surface area contributed by atoms with E-state index in [9.17, 15) is 4.79 Å². The molecule has 0 unspecified atom stereocenters. The highest BCUT2D eigenvalue weighted by atomic mass is 16.6. The number of carbonyl (C=O) groups is 1. The van der Waals surface area contributed by atoms with Crippen LogP contribution in [0.2, 0.25) is 0 Å². The zero-order chi connectivity index (χ0) is 13.3. The molecule has 0 fully saturated rings. The zero-order valence-electron chi connectivity index (χ0n) is 10.6. The van der Waals surface area contributed by atoms with Gasteiger partial charge in [-0.15, -0.1) is 0 Å². The smallest absolute Gasteiger partial charge is 0.405 e.